The van der Waals surface area contributed by atoms with Crippen LogP contribution in [0.1, 0.15) is 46.0 Å². The molecule has 0 bridgehead atoms. The van der Waals surface area contributed by atoms with Crippen molar-refractivity contribution in [3.8, 4) is 0 Å². The summed E-state index contributed by atoms with van der Waals surface area (Å²) in [5, 5.41) is 18.3. The third kappa shape index (κ3) is 3.22. The maximum absolute atomic E-state index is 12.2. The molecule has 0 saturated heterocycles. The van der Waals surface area contributed by atoms with Gasteiger partial charge in [-0.1, -0.05) is 13.8 Å². The Bertz CT molecular complexity index is 308. The summed E-state index contributed by atoms with van der Waals surface area (Å²) in [6.07, 6.45) is 2.85. The van der Waals surface area contributed by atoms with Gasteiger partial charge in [-0.3, -0.25) is 9.59 Å². The molecule has 1 rings (SSSR count). The first-order valence-electron chi connectivity index (χ1n) is 6.64. The number of carboxylic acid groups (broad SMARTS) is 1. The van der Waals surface area contributed by atoms with E-state index in [0.717, 1.165) is 12.8 Å². The van der Waals surface area contributed by atoms with Gasteiger partial charge in [0.15, 0.2) is 0 Å². The maximum atomic E-state index is 12.2. The van der Waals surface area contributed by atoms with Gasteiger partial charge in [0.25, 0.3) is 0 Å². The second-order valence-corrected chi connectivity index (χ2v) is 5.01. The Labute approximate surface area is 108 Å². The smallest absolute Gasteiger partial charge is 0.310 e. The first-order valence-corrected chi connectivity index (χ1v) is 6.64. The number of nitrogens with zero attached hydrogens (tertiary/aromatic N) is 1. The Balaban J connectivity index is 2.73. The van der Waals surface area contributed by atoms with E-state index in [4.69, 9.17) is 5.11 Å². The van der Waals surface area contributed by atoms with E-state index in [0.29, 0.717) is 19.4 Å². The molecule has 0 heterocycles. The van der Waals surface area contributed by atoms with E-state index < -0.39 is 11.4 Å². The summed E-state index contributed by atoms with van der Waals surface area (Å²) in [6, 6.07) is 0.213. The molecule has 18 heavy (non-hydrogen) atoms. The number of hydrogen-bond acceptors (Lipinski definition) is 3. The van der Waals surface area contributed by atoms with Gasteiger partial charge in [-0.25, -0.2) is 0 Å². The topological polar surface area (TPSA) is 77.8 Å². The summed E-state index contributed by atoms with van der Waals surface area (Å²) < 4.78 is 0. The number of carbonyl (C=O) groups excluding carboxylic acids is 1. The van der Waals surface area contributed by atoms with Crippen LogP contribution in [-0.4, -0.2) is 46.2 Å². The van der Waals surface area contributed by atoms with Gasteiger partial charge in [0.1, 0.15) is 0 Å². The number of amides is 1. The van der Waals surface area contributed by atoms with E-state index in [1.807, 2.05) is 0 Å². The van der Waals surface area contributed by atoms with Gasteiger partial charge in [-0.05, 0) is 25.7 Å². The Morgan fingerprint density at radius 1 is 1.28 bits per heavy atom. The van der Waals surface area contributed by atoms with Gasteiger partial charge in [0, 0.05) is 19.0 Å². The molecule has 5 nitrogen and oxygen atoms in total. The molecule has 1 amide bonds. The van der Waals surface area contributed by atoms with Crippen molar-refractivity contribution in [1.82, 2.24) is 4.90 Å². The van der Waals surface area contributed by atoms with E-state index >= 15 is 0 Å². The molecule has 0 atom stereocenters. The Kier molecular flexibility index (Phi) is 5.14. The van der Waals surface area contributed by atoms with Crippen LogP contribution in [-0.2, 0) is 9.59 Å². The molecule has 0 spiro atoms. The largest absolute Gasteiger partial charge is 0.481 e. The molecule has 1 saturated carbocycles. The minimum absolute atomic E-state index is 0.0336. The van der Waals surface area contributed by atoms with E-state index in [9.17, 15) is 14.7 Å². The number of aliphatic hydroxyl groups excluding tert-OH is 1. The maximum Gasteiger partial charge on any atom is 0.310 e. The van der Waals surface area contributed by atoms with Crippen molar-refractivity contribution in [2.75, 3.05) is 13.2 Å². The lowest BCUT2D eigenvalue weighted by molar-refractivity contribution is -0.154. The number of hydrogen-bond donors (Lipinski definition) is 2. The summed E-state index contributed by atoms with van der Waals surface area (Å²) in [7, 11) is 0. The summed E-state index contributed by atoms with van der Waals surface area (Å²) >= 11 is 0. The van der Waals surface area contributed by atoms with Gasteiger partial charge < -0.3 is 15.1 Å². The van der Waals surface area contributed by atoms with E-state index in [-0.39, 0.29) is 25.0 Å². The highest BCUT2D eigenvalue weighted by Crippen LogP contribution is 2.34. The molecule has 0 radical (unpaired) electrons. The molecule has 104 valence electrons. The highest BCUT2D eigenvalue weighted by molar-refractivity contribution is 5.85. The molecule has 2 N–H and O–H groups in total. The van der Waals surface area contributed by atoms with Gasteiger partial charge in [-0.2, -0.15) is 0 Å². The lowest BCUT2D eigenvalue weighted by Gasteiger charge is -2.30. The van der Waals surface area contributed by atoms with Crippen LogP contribution >= 0.6 is 0 Å². The summed E-state index contributed by atoms with van der Waals surface area (Å²) in [4.78, 5) is 25.2. The van der Waals surface area contributed by atoms with Gasteiger partial charge in [-0.15, -0.1) is 0 Å². The third-order valence-corrected chi connectivity index (χ3v) is 3.95. The van der Waals surface area contributed by atoms with Crippen molar-refractivity contribution in [1.29, 1.82) is 0 Å². The van der Waals surface area contributed by atoms with Crippen LogP contribution in [0.5, 0.6) is 0 Å². The SMILES string of the molecule is CCC(CC)(CC(=O)N(CCO)C1CC1)C(=O)O. The lowest BCUT2D eigenvalue weighted by Crippen LogP contribution is -2.41. The average Bonchev–Trinajstić information content (AvgIpc) is 3.16. The summed E-state index contributed by atoms with van der Waals surface area (Å²) in [6.45, 7) is 3.85. The van der Waals surface area contributed by atoms with Crippen molar-refractivity contribution in [3.63, 3.8) is 0 Å². The van der Waals surface area contributed by atoms with Crippen LogP contribution < -0.4 is 0 Å². The highest BCUT2D eigenvalue weighted by Gasteiger charge is 2.41. The van der Waals surface area contributed by atoms with E-state index in [1.54, 1.807) is 18.7 Å². The minimum atomic E-state index is -0.959. The number of aliphatic hydroxyl groups is 1. The first-order chi connectivity index (χ1) is 8.50. The fourth-order valence-corrected chi connectivity index (χ4v) is 2.27. The summed E-state index contributed by atoms with van der Waals surface area (Å²) in [5.74, 6) is -1.04. The molecule has 5 heteroatoms. The first kappa shape index (κ1) is 15.0. The highest BCUT2D eigenvalue weighted by atomic mass is 16.4. The predicted octanol–water partition coefficient (Wildman–Crippen LogP) is 1.25. The molecule has 1 fully saturated rings. The van der Waals surface area contributed by atoms with Crippen LogP contribution in [0.4, 0.5) is 0 Å². The lowest BCUT2D eigenvalue weighted by atomic mass is 9.79. The van der Waals surface area contributed by atoms with E-state index in [1.165, 1.54) is 0 Å². The van der Waals surface area contributed by atoms with Crippen LogP contribution in [0.2, 0.25) is 0 Å². The van der Waals surface area contributed by atoms with Gasteiger partial charge in [0.05, 0.1) is 12.0 Å². The molecular formula is C13H23NO4. The van der Waals surface area contributed by atoms with Gasteiger partial charge >= 0.3 is 5.97 Å². The number of carbonyl (C=O) groups is 2. The Hall–Kier alpha value is -1.10. The molecule has 0 aromatic carbocycles. The molecule has 1 aliphatic rings. The molecule has 1 aliphatic carbocycles. The molecule has 0 aliphatic heterocycles. The Morgan fingerprint density at radius 3 is 2.17 bits per heavy atom. The van der Waals surface area contributed by atoms with Crippen molar-refractivity contribution >= 4 is 11.9 Å². The zero-order valence-electron chi connectivity index (χ0n) is 11.2. The fourth-order valence-electron chi connectivity index (χ4n) is 2.27. The monoisotopic (exact) mass is 257 g/mol. The van der Waals surface area contributed by atoms with E-state index in [2.05, 4.69) is 0 Å². The zero-order valence-corrected chi connectivity index (χ0v) is 11.2. The minimum Gasteiger partial charge on any atom is -0.481 e. The van der Waals surface area contributed by atoms with Crippen LogP contribution in [0, 0.1) is 5.41 Å². The number of carboxylic acids is 1. The molecular weight excluding hydrogens is 234 g/mol. The fraction of sp³-hybridized carbons (Fsp3) is 0.846. The molecule has 0 aromatic rings. The zero-order chi connectivity index (χ0) is 13.8. The van der Waals surface area contributed by atoms with Crippen molar-refractivity contribution in [2.45, 2.75) is 52.0 Å². The molecule has 0 unspecified atom stereocenters. The predicted molar refractivity (Wildman–Crippen MR) is 67.1 cm³/mol. The second-order valence-electron chi connectivity index (χ2n) is 5.01. The quantitative estimate of drug-likeness (QED) is 0.686. The average molecular weight is 257 g/mol. The van der Waals surface area contributed by atoms with Crippen LogP contribution in [0.25, 0.3) is 0 Å². The normalized spacial score (nSPS) is 15.5. The van der Waals surface area contributed by atoms with Crippen molar-refractivity contribution < 1.29 is 19.8 Å². The van der Waals surface area contributed by atoms with Crippen LogP contribution in [0.3, 0.4) is 0 Å². The van der Waals surface area contributed by atoms with Crippen molar-refractivity contribution in [2.24, 2.45) is 5.41 Å². The third-order valence-electron chi connectivity index (χ3n) is 3.95. The van der Waals surface area contributed by atoms with Crippen LogP contribution in [0.15, 0.2) is 0 Å². The number of aliphatic carboxylic acids is 1. The van der Waals surface area contributed by atoms with Crippen molar-refractivity contribution in [3.05, 3.63) is 0 Å². The van der Waals surface area contributed by atoms with Gasteiger partial charge in [0.2, 0.25) is 5.91 Å². The second kappa shape index (κ2) is 6.18. The number of rotatable bonds is 8. The standard InChI is InChI=1S/C13H23NO4/c1-3-13(4-2,12(17)18)9-11(16)14(7-8-15)10-5-6-10/h10,15H,3-9H2,1-2H3,(H,17,18). The Morgan fingerprint density at radius 2 is 1.83 bits per heavy atom. The summed E-state index contributed by atoms with van der Waals surface area (Å²) in [5.41, 5.74) is -0.959. The molecule has 0 aromatic heterocycles.